The van der Waals surface area contributed by atoms with Gasteiger partial charge in [0.25, 0.3) is 0 Å². The van der Waals surface area contributed by atoms with Crippen LogP contribution in [0.5, 0.6) is 0 Å². The van der Waals surface area contributed by atoms with E-state index in [-0.39, 0.29) is 29.3 Å². The number of carbonyl (C=O) groups excluding carboxylic acids is 2. The minimum atomic E-state index is -1.67. The minimum Gasteiger partial charge on any atom is -0.508 e. The third-order valence-corrected chi connectivity index (χ3v) is 13.0. The van der Waals surface area contributed by atoms with Gasteiger partial charge in [-0.15, -0.1) is 11.8 Å². The van der Waals surface area contributed by atoms with Crippen molar-refractivity contribution < 1.29 is 29.3 Å². The molecule has 226 valence electrons. The predicted molar refractivity (Wildman–Crippen MR) is 167 cm³/mol. The number of aliphatic hydroxyl groups excluding tert-OH is 1. The van der Waals surface area contributed by atoms with Crippen LogP contribution in [-0.2, 0) is 14.3 Å². The SMILES string of the molecule is CSc1ccc(Sc2ccc(C(=O)OC3(C(=O)O)C(C)C[C@H]4[C@@H]5CCC6=CC(O)=CC(=O)[C@]6(C)[C@H]5CC[C@@]43C)cc2)cc1. The van der Waals surface area contributed by atoms with Crippen LogP contribution >= 0.6 is 23.5 Å². The molecule has 43 heavy (non-hydrogen) atoms. The summed E-state index contributed by atoms with van der Waals surface area (Å²) in [4.78, 5) is 43.4. The molecular formula is C35H38O6S2. The van der Waals surface area contributed by atoms with E-state index >= 15 is 0 Å². The normalized spacial score (nSPS) is 34.7. The van der Waals surface area contributed by atoms with E-state index in [9.17, 15) is 24.6 Å². The molecule has 3 saturated carbocycles. The van der Waals surface area contributed by atoms with Gasteiger partial charge in [0, 0.05) is 32.1 Å². The van der Waals surface area contributed by atoms with Crippen LogP contribution in [0.2, 0.25) is 0 Å². The summed E-state index contributed by atoms with van der Waals surface area (Å²) < 4.78 is 6.19. The lowest BCUT2D eigenvalue weighted by molar-refractivity contribution is -0.188. The van der Waals surface area contributed by atoms with Gasteiger partial charge in [-0.05, 0) is 118 Å². The van der Waals surface area contributed by atoms with Crippen LogP contribution in [-0.4, -0.2) is 39.8 Å². The molecule has 0 heterocycles. The fourth-order valence-corrected chi connectivity index (χ4v) is 10.2. The first-order chi connectivity index (χ1) is 20.4. The highest BCUT2D eigenvalue weighted by Crippen LogP contribution is 2.69. The summed E-state index contributed by atoms with van der Waals surface area (Å²) in [5.74, 6) is -1.99. The summed E-state index contributed by atoms with van der Waals surface area (Å²) >= 11 is 3.29. The smallest absolute Gasteiger partial charge is 0.349 e. The first-order valence-corrected chi connectivity index (χ1v) is 17.0. The van der Waals surface area contributed by atoms with Gasteiger partial charge in [0.2, 0.25) is 5.60 Å². The minimum absolute atomic E-state index is 0.00731. The van der Waals surface area contributed by atoms with Crippen molar-refractivity contribution in [3.8, 4) is 0 Å². The molecule has 0 aromatic heterocycles. The molecule has 4 aliphatic carbocycles. The highest BCUT2D eigenvalue weighted by Gasteiger charge is 2.72. The Morgan fingerprint density at radius 1 is 0.930 bits per heavy atom. The molecule has 6 rings (SSSR count). The number of carboxylic acids is 1. The molecule has 7 atom stereocenters. The Bertz CT molecular complexity index is 1530. The van der Waals surface area contributed by atoms with Crippen molar-refractivity contribution in [1.82, 2.24) is 0 Å². The maximum atomic E-state index is 13.6. The van der Waals surface area contributed by atoms with Crippen LogP contribution in [0, 0.1) is 34.5 Å². The van der Waals surface area contributed by atoms with Gasteiger partial charge in [-0.1, -0.05) is 31.2 Å². The highest BCUT2D eigenvalue weighted by molar-refractivity contribution is 7.99. The molecule has 0 bridgehead atoms. The molecule has 0 amide bonds. The van der Waals surface area contributed by atoms with Crippen LogP contribution in [0.3, 0.4) is 0 Å². The Labute approximate surface area is 261 Å². The van der Waals surface area contributed by atoms with Gasteiger partial charge in [0.1, 0.15) is 5.76 Å². The number of benzene rings is 2. The number of hydrogen-bond donors (Lipinski definition) is 2. The second kappa shape index (κ2) is 10.9. The number of fused-ring (bicyclic) bond motifs is 5. The molecule has 0 saturated heterocycles. The first-order valence-electron chi connectivity index (χ1n) is 15.0. The molecule has 0 spiro atoms. The summed E-state index contributed by atoms with van der Waals surface area (Å²) in [5, 5.41) is 20.9. The third-order valence-electron chi connectivity index (χ3n) is 11.2. The largest absolute Gasteiger partial charge is 0.508 e. The summed E-state index contributed by atoms with van der Waals surface area (Å²) in [7, 11) is 0. The molecule has 6 nitrogen and oxygen atoms in total. The molecule has 0 aliphatic heterocycles. The summed E-state index contributed by atoms with van der Waals surface area (Å²) in [5.41, 5.74) is -1.83. The maximum Gasteiger partial charge on any atom is 0.349 e. The Hall–Kier alpha value is -2.97. The molecular weight excluding hydrogens is 581 g/mol. The second-order valence-electron chi connectivity index (χ2n) is 13.0. The third kappa shape index (κ3) is 4.59. The van der Waals surface area contributed by atoms with E-state index in [0.717, 1.165) is 21.8 Å². The topological polar surface area (TPSA) is 101 Å². The summed E-state index contributed by atoms with van der Waals surface area (Å²) in [6.07, 6.45) is 8.46. The van der Waals surface area contributed by atoms with Crippen molar-refractivity contribution in [1.29, 1.82) is 0 Å². The molecule has 4 aliphatic rings. The van der Waals surface area contributed by atoms with E-state index < -0.39 is 34.3 Å². The van der Waals surface area contributed by atoms with Crippen LogP contribution in [0.25, 0.3) is 0 Å². The van der Waals surface area contributed by atoms with Crippen LogP contribution < -0.4 is 0 Å². The Kier molecular flexibility index (Phi) is 7.61. The van der Waals surface area contributed by atoms with Crippen LogP contribution in [0.4, 0.5) is 0 Å². The molecule has 8 heteroatoms. The van der Waals surface area contributed by atoms with Crippen molar-refractivity contribution in [2.24, 2.45) is 34.5 Å². The van der Waals surface area contributed by atoms with Crippen molar-refractivity contribution >= 4 is 41.2 Å². The Morgan fingerprint density at radius 2 is 1.56 bits per heavy atom. The van der Waals surface area contributed by atoms with Gasteiger partial charge in [0.15, 0.2) is 5.78 Å². The van der Waals surface area contributed by atoms with Gasteiger partial charge in [-0.3, -0.25) is 4.79 Å². The van der Waals surface area contributed by atoms with Crippen molar-refractivity contribution in [3.05, 3.63) is 77.6 Å². The Morgan fingerprint density at radius 3 is 2.19 bits per heavy atom. The highest BCUT2D eigenvalue weighted by atomic mass is 32.2. The van der Waals surface area contributed by atoms with Crippen LogP contribution in [0.1, 0.15) is 63.2 Å². The average molecular weight is 619 g/mol. The quantitative estimate of drug-likeness (QED) is 0.248. The van der Waals surface area contributed by atoms with Gasteiger partial charge in [-0.25, -0.2) is 9.59 Å². The number of rotatable bonds is 6. The molecule has 2 aromatic rings. The number of aliphatic carboxylic acids is 1. The number of allylic oxidation sites excluding steroid dienone is 3. The zero-order valence-corrected chi connectivity index (χ0v) is 26.6. The van der Waals surface area contributed by atoms with Crippen molar-refractivity contribution in [2.45, 2.75) is 73.2 Å². The van der Waals surface area contributed by atoms with E-state index in [4.69, 9.17) is 4.74 Å². The first kappa shape index (κ1) is 30.1. The van der Waals surface area contributed by atoms with E-state index in [2.05, 4.69) is 24.3 Å². The Balaban J connectivity index is 1.24. The number of aliphatic hydroxyl groups is 1. The number of carbonyl (C=O) groups is 3. The monoisotopic (exact) mass is 618 g/mol. The average Bonchev–Trinajstić information content (AvgIpc) is 3.21. The number of ketones is 1. The fourth-order valence-electron chi connectivity index (χ4n) is 8.98. The standard InChI is InChI=1S/C35H38O6S2/c1-20-17-29-27-14-7-22-18-23(36)19-30(37)34(22,3)28(27)15-16-33(29,2)35(20,32(39)40)41-31(38)21-5-8-25(9-6-21)43-26-12-10-24(42-4)11-13-26/h5-6,8-13,18-20,27-29,36H,7,14-17H2,1-4H3,(H,39,40)/t20?,27-,28+,29+,33+,34+,35?/m1/s1. The van der Waals surface area contributed by atoms with E-state index in [1.807, 2.05) is 39.2 Å². The molecule has 0 radical (unpaired) electrons. The number of carboxylic acid groups (broad SMARTS) is 1. The second-order valence-corrected chi connectivity index (χ2v) is 15.1. The van der Waals surface area contributed by atoms with E-state index in [1.165, 1.54) is 11.0 Å². The molecule has 3 fully saturated rings. The lowest BCUT2D eigenvalue weighted by atomic mass is 9.46. The zero-order chi connectivity index (χ0) is 30.7. The predicted octanol–water partition coefficient (Wildman–Crippen LogP) is 7.98. The number of thioether (sulfide) groups is 1. The number of hydrogen-bond acceptors (Lipinski definition) is 7. The molecule has 2 N–H and O–H groups in total. The van der Waals surface area contributed by atoms with E-state index in [0.29, 0.717) is 31.2 Å². The zero-order valence-electron chi connectivity index (χ0n) is 25.0. The van der Waals surface area contributed by atoms with Gasteiger partial charge < -0.3 is 14.9 Å². The van der Waals surface area contributed by atoms with Gasteiger partial charge >= 0.3 is 11.9 Å². The number of esters is 1. The lowest BCUT2D eigenvalue weighted by Crippen LogP contribution is -2.61. The van der Waals surface area contributed by atoms with Crippen molar-refractivity contribution in [2.75, 3.05) is 6.26 Å². The van der Waals surface area contributed by atoms with Gasteiger partial charge in [0.05, 0.1) is 11.0 Å². The van der Waals surface area contributed by atoms with E-state index in [1.54, 1.807) is 41.7 Å². The fraction of sp³-hybridized carbons (Fsp3) is 0.457. The lowest BCUT2D eigenvalue weighted by Gasteiger charge is -2.57. The van der Waals surface area contributed by atoms with Crippen LogP contribution in [0.15, 0.2) is 86.7 Å². The molecule has 2 aromatic carbocycles. The number of ether oxygens (including phenoxy) is 1. The summed E-state index contributed by atoms with van der Waals surface area (Å²) in [6, 6.07) is 15.4. The molecule has 2 unspecified atom stereocenters. The van der Waals surface area contributed by atoms with Crippen molar-refractivity contribution in [3.63, 3.8) is 0 Å². The van der Waals surface area contributed by atoms with Gasteiger partial charge in [-0.2, -0.15) is 0 Å². The maximum absolute atomic E-state index is 13.6. The summed E-state index contributed by atoms with van der Waals surface area (Å²) in [6.45, 7) is 5.88.